The average Bonchev–Trinajstić information content (AvgIpc) is 3.02. The summed E-state index contributed by atoms with van der Waals surface area (Å²) in [6, 6.07) is 9.49. The molecular weight excluding hydrogens is 434 g/mol. The third-order valence-corrected chi connectivity index (χ3v) is 6.99. The maximum Gasteiger partial charge on any atom is 0.250 e. The van der Waals surface area contributed by atoms with Gasteiger partial charge in [0.15, 0.2) is 5.11 Å². The van der Waals surface area contributed by atoms with Gasteiger partial charge >= 0.3 is 0 Å². The lowest BCUT2D eigenvalue weighted by molar-refractivity contribution is -0.115. The molecule has 1 aliphatic rings. The van der Waals surface area contributed by atoms with Crippen molar-refractivity contribution in [2.24, 2.45) is 11.3 Å². The molecule has 0 bridgehead atoms. The molecule has 0 aliphatic heterocycles. The van der Waals surface area contributed by atoms with Crippen LogP contribution in [0.15, 0.2) is 30.3 Å². The lowest BCUT2D eigenvalue weighted by Gasteiger charge is -2.33. The number of carbonyl (C=O) groups excluding carboxylic acids is 1. The summed E-state index contributed by atoms with van der Waals surface area (Å²) < 4.78 is 0. The summed E-state index contributed by atoms with van der Waals surface area (Å²) in [5, 5.41) is 16.9. The van der Waals surface area contributed by atoms with Crippen LogP contribution in [0.5, 0.6) is 0 Å². The van der Waals surface area contributed by atoms with E-state index in [1.807, 2.05) is 12.1 Å². The first-order valence-electron chi connectivity index (χ1n) is 9.77. The molecule has 2 N–H and O–H groups in total. The van der Waals surface area contributed by atoms with Gasteiger partial charge in [-0.15, -0.1) is 11.3 Å². The maximum absolute atomic E-state index is 12.2. The lowest BCUT2D eigenvalue weighted by atomic mass is 9.72. The van der Waals surface area contributed by atoms with Crippen LogP contribution in [-0.4, -0.2) is 11.0 Å². The van der Waals surface area contributed by atoms with E-state index in [1.54, 1.807) is 29.5 Å². The number of nitriles is 1. The smallest absolute Gasteiger partial charge is 0.250 e. The zero-order valence-electron chi connectivity index (χ0n) is 17.2. The van der Waals surface area contributed by atoms with Crippen LogP contribution in [0, 0.1) is 22.7 Å². The van der Waals surface area contributed by atoms with Gasteiger partial charge in [-0.25, -0.2) is 0 Å². The number of hydrogen-bond acceptors (Lipinski definition) is 4. The van der Waals surface area contributed by atoms with Crippen LogP contribution in [0.4, 0.5) is 5.00 Å². The molecular formula is C23H24ClN3OS2. The number of nitrogens with zero attached hydrogens (tertiary/aromatic N) is 1. The van der Waals surface area contributed by atoms with Crippen LogP contribution < -0.4 is 10.6 Å². The highest BCUT2D eigenvalue weighted by molar-refractivity contribution is 7.80. The number of benzene rings is 1. The van der Waals surface area contributed by atoms with Crippen molar-refractivity contribution in [1.82, 2.24) is 5.32 Å². The minimum absolute atomic E-state index is 0.184. The highest BCUT2D eigenvalue weighted by Crippen LogP contribution is 2.43. The Morgan fingerprint density at radius 1 is 1.33 bits per heavy atom. The Morgan fingerprint density at radius 3 is 2.67 bits per heavy atom. The number of rotatable bonds is 3. The van der Waals surface area contributed by atoms with E-state index in [4.69, 9.17) is 23.8 Å². The summed E-state index contributed by atoms with van der Waals surface area (Å²) in [7, 11) is 0. The molecule has 0 saturated heterocycles. The Kier molecular flexibility index (Phi) is 6.97. The lowest BCUT2D eigenvalue weighted by Crippen LogP contribution is -2.32. The van der Waals surface area contributed by atoms with Gasteiger partial charge in [0.2, 0.25) is 5.91 Å². The first-order chi connectivity index (χ1) is 14.2. The van der Waals surface area contributed by atoms with Gasteiger partial charge < -0.3 is 5.32 Å². The van der Waals surface area contributed by atoms with Gasteiger partial charge in [0, 0.05) is 16.0 Å². The van der Waals surface area contributed by atoms with Gasteiger partial charge in [0.05, 0.1) is 5.56 Å². The normalized spacial score (nSPS) is 16.0. The minimum Gasteiger partial charge on any atom is -0.323 e. The quantitative estimate of drug-likeness (QED) is 0.441. The van der Waals surface area contributed by atoms with Crippen LogP contribution >= 0.6 is 35.2 Å². The molecule has 1 unspecified atom stereocenters. The SMILES string of the molecule is CC(C)(C)C1CCc2c(sc(NC(=S)NC(=O)/C=C/c3ccc(Cl)cc3)c2C#N)C1. The van der Waals surface area contributed by atoms with Crippen LogP contribution in [0.1, 0.15) is 48.8 Å². The molecule has 1 aromatic heterocycles. The third-order valence-electron chi connectivity index (χ3n) is 5.36. The highest BCUT2D eigenvalue weighted by Gasteiger charge is 2.32. The van der Waals surface area contributed by atoms with E-state index >= 15 is 0 Å². The Bertz CT molecular complexity index is 1030. The van der Waals surface area contributed by atoms with Crippen LogP contribution in [0.25, 0.3) is 6.08 Å². The van der Waals surface area contributed by atoms with Crippen molar-refractivity contribution in [3.05, 3.63) is 56.9 Å². The molecule has 1 heterocycles. The van der Waals surface area contributed by atoms with Gasteiger partial charge in [0.1, 0.15) is 11.1 Å². The molecule has 4 nitrogen and oxygen atoms in total. The average molecular weight is 458 g/mol. The molecule has 1 aliphatic carbocycles. The Labute approximate surface area is 191 Å². The second-order valence-electron chi connectivity index (χ2n) is 8.45. The fraction of sp³-hybridized carbons (Fsp3) is 0.348. The van der Waals surface area contributed by atoms with Crippen molar-refractivity contribution in [3.63, 3.8) is 0 Å². The molecule has 1 atom stereocenters. The molecule has 7 heteroatoms. The van der Waals surface area contributed by atoms with E-state index < -0.39 is 0 Å². The zero-order valence-corrected chi connectivity index (χ0v) is 19.6. The Morgan fingerprint density at radius 2 is 2.03 bits per heavy atom. The maximum atomic E-state index is 12.2. The molecule has 1 aromatic carbocycles. The molecule has 0 spiro atoms. The second-order valence-corrected chi connectivity index (χ2v) is 10.4. The number of anilines is 1. The van der Waals surface area contributed by atoms with Crippen LogP contribution in [-0.2, 0) is 17.6 Å². The number of hydrogen-bond donors (Lipinski definition) is 2. The van der Waals surface area contributed by atoms with Gasteiger partial charge in [-0.2, -0.15) is 5.26 Å². The highest BCUT2D eigenvalue weighted by atomic mass is 35.5. The predicted octanol–water partition coefficient (Wildman–Crippen LogP) is 5.95. The predicted molar refractivity (Wildman–Crippen MR) is 129 cm³/mol. The molecule has 2 aromatic rings. The molecule has 0 radical (unpaired) electrons. The molecule has 0 fully saturated rings. The number of nitrogens with one attached hydrogen (secondary N) is 2. The third kappa shape index (κ3) is 5.48. The zero-order chi connectivity index (χ0) is 21.9. The van der Waals surface area contributed by atoms with E-state index in [-0.39, 0.29) is 16.4 Å². The largest absolute Gasteiger partial charge is 0.323 e. The van der Waals surface area contributed by atoms with Crippen molar-refractivity contribution in [1.29, 1.82) is 5.26 Å². The number of carbonyl (C=O) groups is 1. The molecule has 30 heavy (non-hydrogen) atoms. The van der Waals surface area contributed by atoms with Gasteiger partial charge in [-0.3, -0.25) is 10.1 Å². The van der Waals surface area contributed by atoms with E-state index in [1.165, 1.54) is 11.0 Å². The summed E-state index contributed by atoms with van der Waals surface area (Å²) >= 11 is 12.7. The molecule has 1 amide bonds. The van der Waals surface area contributed by atoms with Crippen molar-refractivity contribution < 1.29 is 4.79 Å². The molecule has 156 valence electrons. The molecule has 0 saturated carbocycles. The summed E-state index contributed by atoms with van der Waals surface area (Å²) in [5.74, 6) is 0.253. The van der Waals surface area contributed by atoms with Gasteiger partial charge in [-0.05, 0) is 72.1 Å². The van der Waals surface area contributed by atoms with Gasteiger partial charge in [0.25, 0.3) is 0 Å². The van der Waals surface area contributed by atoms with Crippen molar-refractivity contribution in [3.8, 4) is 6.07 Å². The summed E-state index contributed by atoms with van der Waals surface area (Å²) in [6.45, 7) is 6.80. The minimum atomic E-state index is -0.338. The first kappa shape index (κ1) is 22.5. The summed E-state index contributed by atoms with van der Waals surface area (Å²) in [4.78, 5) is 13.4. The van der Waals surface area contributed by atoms with Crippen molar-refractivity contribution in [2.75, 3.05) is 5.32 Å². The van der Waals surface area contributed by atoms with E-state index in [0.29, 0.717) is 21.5 Å². The first-order valence-corrected chi connectivity index (χ1v) is 11.4. The summed E-state index contributed by atoms with van der Waals surface area (Å²) in [5.41, 5.74) is 2.87. The van der Waals surface area contributed by atoms with Crippen LogP contribution in [0.3, 0.4) is 0 Å². The second kappa shape index (κ2) is 9.30. The monoisotopic (exact) mass is 457 g/mol. The number of halogens is 1. The molecule has 3 rings (SSSR count). The van der Waals surface area contributed by atoms with E-state index in [2.05, 4.69) is 37.5 Å². The number of thiocarbonyl (C=S) groups is 1. The fourth-order valence-electron chi connectivity index (χ4n) is 3.57. The summed E-state index contributed by atoms with van der Waals surface area (Å²) in [6.07, 6.45) is 6.06. The van der Waals surface area contributed by atoms with Gasteiger partial charge in [-0.1, -0.05) is 44.5 Å². The topological polar surface area (TPSA) is 64.9 Å². The number of thiophene rings is 1. The number of amides is 1. The van der Waals surface area contributed by atoms with E-state index in [0.717, 1.165) is 30.4 Å². The van der Waals surface area contributed by atoms with Crippen molar-refractivity contribution in [2.45, 2.75) is 40.0 Å². The van der Waals surface area contributed by atoms with E-state index in [9.17, 15) is 10.1 Å². The number of fused-ring (bicyclic) bond motifs is 1. The Hall–Kier alpha value is -2.20. The fourth-order valence-corrected chi connectivity index (χ4v) is 5.24. The Balaban J connectivity index is 1.65. The van der Waals surface area contributed by atoms with Crippen molar-refractivity contribution >= 4 is 57.3 Å². The standard InChI is InChI=1S/C23H24ClN3OS2/c1-23(2,3)15-7-10-17-18(13-25)21(30-19(17)12-15)27-22(29)26-20(28)11-6-14-4-8-16(24)9-5-14/h4-6,8-9,11,15H,7,10,12H2,1-3H3,(H2,26,27,28,29)/b11-6+. The van der Waals surface area contributed by atoms with Crippen LogP contribution in [0.2, 0.25) is 5.02 Å².